The van der Waals surface area contributed by atoms with Gasteiger partial charge in [-0.15, -0.1) is 0 Å². The molecule has 2 rings (SSSR count). The van der Waals surface area contributed by atoms with Crippen LogP contribution in [0, 0.1) is 0 Å². The molecule has 0 radical (unpaired) electrons. The van der Waals surface area contributed by atoms with Crippen molar-refractivity contribution < 1.29 is 23.1 Å². The van der Waals surface area contributed by atoms with E-state index in [4.69, 9.17) is 0 Å². The third-order valence-corrected chi connectivity index (χ3v) is 4.24. The molecule has 0 unspecified atom stereocenters. The van der Waals surface area contributed by atoms with Crippen molar-refractivity contribution in [2.45, 2.75) is 26.1 Å². The maximum absolute atomic E-state index is 12.6. The van der Waals surface area contributed by atoms with Crippen LogP contribution < -0.4 is 4.90 Å². The Bertz CT molecular complexity index is 567. The number of phenolic OH excluding ortho intramolecular Hbond substituents is 1. The fourth-order valence-corrected chi connectivity index (χ4v) is 2.86. The molecule has 0 saturated carbocycles. The zero-order valence-electron chi connectivity index (χ0n) is 14.5. The number of hydrogen-bond donors (Lipinski definition) is 1. The maximum atomic E-state index is 12.6. The van der Waals surface area contributed by atoms with Crippen LogP contribution in [0.5, 0.6) is 5.75 Å². The molecule has 5 nitrogen and oxygen atoms in total. The van der Waals surface area contributed by atoms with E-state index < -0.39 is 24.7 Å². The number of carbonyl (C=O) groups is 1. The molecule has 140 valence electrons. The Morgan fingerprint density at radius 3 is 2.20 bits per heavy atom. The molecule has 8 heteroatoms. The van der Waals surface area contributed by atoms with Crippen LogP contribution in [0.1, 0.15) is 13.8 Å². The van der Waals surface area contributed by atoms with Gasteiger partial charge in [-0.1, -0.05) is 0 Å². The normalized spacial score (nSPS) is 16.3. The monoisotopic (exact) mass is 359 g/mol. The summed E-state index contributed by atoms with van der Waals surface area (Å²) in [5, 5.41) is 9.32. The van der Waals surface area contributed by atoms with Crippen LogP contribution in [0.4, 0.5) is 18.9 Å². The first-order chi connectivity index (χ1) is 11.7. The number of nitrogens with zero attached hydrogens (tertiary/aromatic N) is 3. The van der Waals surface area contributed by atoms with Crippen LogP contribution in [0.3, 0.4) is 0 Å². The van der Waals surface area contributed by atoms with Crippen molar-refractivity contribution in [2.24, 2.45) is 0 Å². The van der Waals surface area contributed by atoms with Crippen molar-refractivity contribution >= 4 is 11.6 Å². The molecule has 1 aromatic rings. The highest BCUT2D eigenvalue weighted by molar-refractivity contribution is 5.78. The SMILES string of the molecule is CC(C)N(CC(F)(F)F)C(=O)CN1CCN(c2ccc(O)cc2)CC1. The minimum atomic E-state index is -4.39. The van der Waals surface area contributed by atoms with Gasteiger partial charge in [-0.2, -0.15) is 13.2 Å². The average molecular weight is 359 g/mol. The van der Waals surface area contributed by atoms with Crippen LogP contribution in [0.15, 0.2) is 24.3 Å². The lowest BCUT2D eigenvalue weighted by Gasteiger charge is -2.37. The van der Waals surface area contributed by atoms with E-state index in [9.17, 15) is 23.1 Å². The van der Waals surface area contributed by atoms with E-state index >= 15 is 0 Å². The summed E-state index contributed by atoms with van der Waals surface area (Å²) in [4.78, 5) is 17.1. The summed E-state index contributed by atoms with van der Waals surface area (Å²) in [7, 11) is 0. The number of piperazine rings is 1. The van der Waals surface area contributed by atoms with E-state index in [1.165, 1.54) is 0 Å². The average Bonchev–Trinajstić information content (AvgIpc) is 2.53. The Kier molecular flexibility index (Phi) is 6.16. The Morgan fingerprint density at radius 2 is 1.72 bits per heavy atom. The number of phenols is 1. The topological polar surface area (TPSA) is 47.0 Å². The summed E-state index contributed by atoms with van der Waals surface area (Å²) in [6, 6.07) is 6.37. The first-order valence-electron chi connectivity index (χ1n) is 8.28. The number of alkyl halides is 3. The van der Waals surface area contributed by atoms with E-state index in [1.54, 1.807) is 26.0 Å². The smallest absolute Gasteiger partial charge is 0.406 e. The highest BCUT2D eigenvalue weighted by Gasteiger charge is 2.34. The molecule has 1 aliphatic rings. The van der Waals surface area contributed by atoms with Crippen LogP contribution >= 0.6 is 0 Å². The van der Waals surface area contributed by atoms with Gasteiger partial charge in [0, 0.05) is 37.9 Å². The van der Waals surface area contributed by atoms with Crippen LogP contribution in [0.2, 0.25) is 0 Å². The number of carbonyl (C=O) groups excluding carboxylic acids is 1. The summed E-state index contributed by atoms with van der Waals surface area (Å²) in [6.45, 7) is 4.53. The van der Waals surface area contributed by atoms with Gasteiger partial charge in [0.05, 0.1) is 6.54 Å². The number of benzene rings is 1. The summed E-state index contributed by atoms with van der Waals surface area (Å²) >= 11 is 0. The van der Waals surface area contributed by atoms with Crippen molar-refractivity contribution in [3.8, 4) is 5.75 Å². The molecule has 0 spiro atoms. The molecule has 1 saturated heterocycles. The van der Waals surface area contributed by atoms with Crippen LogP contribution in [-0.4, -0.2) is 72.3 Å². The minimum absolute atomic E-state index is 0.00230. The Labute approximate surface area is 145 Å². The van der Waals surface area contributed by atoms with Gasteiger partial charge in [0.2, 0.25) is 5.91 Å². The lowest BCUT2D eigenvalue weighted by atomic mass is 10.2. The zero-order chi connectivity index (χ0) is 18.6. The molecule has 0 aromatic heterocycles. The van der Waals surface area contributed by atoms with Crippen molar-refractivity contribution in [3.63, 3.8) is 0 Å². The number of rotatable bonds is 5. The van der Waals surface area contributed by atoms with Crippen molar-refractivity contribution in [1.29, 1.82) is 0 Å². The van der Waals surface area contributed by atoms with Crippen molar-refractivity contribution in [2.75, 3.05) is 44.2 Å². The molecule has 1 aliphatic heterocycles. The summed E-state index contributed by atoms with van der Waals surface area (Å²) in [5.41, 5.74) is 0.977. The largest absolute Gasteiger partial charge is 0.508 e. The Balaban J connectivity index is 1.87. The van der Waals surface area contributed by atoms with Gasteiger partial charge in [-0.05, 0) is 38.1 Å². The second-order valence-electron chi connectivity index (χ2n) is 6.51. The molecule has 0 aliphatic carbocycles. The van der Waals surface area contributed by atoms with E-state index in [1.807, 2.05) is 17.0 Å². The van der Waals surface area contributed by atoms with Gasteiger partial charge in [-0.3, -0.25) is 9.69 Å². The van der Waals surface area contributed by atoms with Crippen molar-refractivity contribution in [1.82, 2.24) is 9.80 Å². The molecule has 1 aromatic carbocycles. The molecular weight excluding hydrogens is 335 g/mol. The highest BCUT2D eigenvalue weighted by Crippen LogP contribution is 2.21. The molecule has 1 N–H and O–H groups in total. The Hall–Kier alpha value is -1.96. The predicted octanol–water partition coefficient (Wildman–Crippen LogP) is 2.31. The summed E-state index contributed by atoms with van der Waals surface area (Å²) < 4.78 is 37.9. The number of aromatic hydroxyl groups is 1. The van der Waals surface area contributed by atoms with E-state index in [2.05, 4.69) is 4.90 Å². The molecule has 0 atom stereocenters. The first kappa shape index (κ1) is 19.4. The molecule has 25 heavy (non-hydrogen) atoms. The fourth-order valence-electron chi connectivity index (χ4n) is 2.86. The lowest BCUT2D eigenvalue weighted by Crippen LogP contribution is -2.52. The highest BCUT2D eigenvalue weighted by atomic mass is 19.4. The van der Waals surface area contributed by atoms with Crippen molar-refractivity contribution in [3.05, 3.63) is 24.3 Å². The zero-order valence-corrected chi connectivity index (χ0v) is 14.5. The predicted molar refractivity (Wildman–Crippen MR) is 89.7 cm³/mol. The second-order valence-corrected chi connectivity index (χ2v) is 6.51. The number of halogens is 3. The quantitative estimate of drug-likeness (QED) is 0.877. The number of hydrogen-bond acceptors (Lipinski definition) is 4. The molecule has 1 amide bonds. The van der Waals surface area contributed by atoms with Crippen LogP contribution in [0.25, 0.3) is 0 Å². The standard InChI is InChI=1S/C17H24F3N3O2/c1-13(2)23(12-17(18,19)20)16(25)11-21-7-9-22(10-8-21)14-3-5-15(24)6-4-14/h3-6,13,24H,7-12H2,1-2H3. The summed E-state index contributed by atoms with van der Waals surface area (Å²) in [6.07, 6.45) is -4.39. The second kappa shape index (κ2) is 7.95. The third-order valence-electron chi connectivity index (χ3n) is 4.24. The Morgan fingerprint density at radius 1 is 1.16 bits per heavy atom. The third kappa shape index (κ3) is 5.81. The molecule has 1 heterocycles. The van der Waals surface area contributed by atoms with Gasteiger partial charge in [-0.25, -0.2) is 0 Å². The first-order valence-corrected chi connectivity index (χ1v) is 8.28. The molecule has 1 fully saturated rings. The van der Waals surface area contributed by atoms with E-state index in [0.29, 0.717) is 26.2 Å². The van der Waals surface area contributed by atoms with Gasteiger partial charge in [0.25, 0.3) is 0 Å². The fraction of sp³-hybridized carbons (Fsp3) is 0.588. The number of amides is 1. The van der Waals surface area contributed by atoms with Crippen LogP contribution in [-0.2, 0) is 4.79 Å². The molecule has 0 bridgehead atoms. The lowest BCUT2D eigenvalue weighted by molar-refractivity contribution is -0.165. The molecular formula is C17H24F3N3O2. The van der Waals surface area contributed by atoms with E-state index in [-0.39, 0.29) is 12.3 Å². The van der Waals surface area contributed by atoms with Gasteiger partial charge >= 0.3 is 6.18 Å². The van der Waals surface area contributed by atoms with Gasteiger partial charge in [0.1, 0.15) is 12.3 Å². The van der Waals surface area contributed by atoms with Gasteiger partial charge in [0.15, 0.2) is 0 Å². The number of anilines is 1. The summed E-state index contributed by atoms with van der Waals surface area (Å²) in [5.74, 6) is -0.295. The maximum Gasteiger partial charge on any atom is 0.406 e. The van der Waals surface area contributed by atoms with E-state index in [0.717, 1.165) is 10.6 Å². The van der Waals surface area contributed by atoms with Gasteiger partial charge < -0.3 is 14.9 Å². The minimum Gasteiger partial charge on any atom is -0.508 e.